The smallest absolute Gasteiger partial charge is 0.179 e. The molecular formula is C16H13NO3S2. The number of aliphatic imine (C=N–C) groups is 1. The quantitative estimate of drug-likeness (QED) is 0.690. The van der Waals surface area contributed by atoms with Crippen molar-refractivity contribution in [3.05, 3.63) is 48.0 Å². The lowest BCUT2D eigenvalue weighted by Crippen LogP contribution is -2.11. The van der Waals surface area contributed by atoms with Gasteiger partial charge in [0.05, 0.1) is 10.6 Å². The molecule has 1 fully saturated rings. The number of hydrogen-bond acceptors (Lipinski definition) is 5. The van der Waals surface area contributed by atoms with Gasteiger partial charge in [-0.2, -0.15) is 11.8 Å². The molecule has 0 amide bonds. The average Bonchev–Trinajstić information content (AvgIpc) is 3.31. The fraction of sp³-hybridized carbons (Fsp3) is 0.188. The van der Waals surface area contributed by atoms with Crippen molar-refractivity contribution >= 4 is 33.5 Å². The number of fused-ring (bicyclic) bond motifs is 2. The predicted octanol–water partition coefficient (Wildman–Crippen LogP) is 3.43. The van der Waals surface area contributed by atoms with E-state index in [1.807, 2.05) is 24.3 Å². The van der Waals surface area contributed by atoms with E-state index >= 15 is 0 Å². The Labute approximate surface area is 133 Å². The van der Waals surface area contributed by atoms with Gasteiger partial charge in [-0.1, -0.05) is 12.1 Å². The standard InChI is InChI=1S/C16H13NO3S2/c18-22(19,10-12-9-21-12)13-5-6-14-16(7-13)20-15-4-2-1-3-11(15)8-17-14/h1-8,12H,9-10H2. The van der Waals surface area contributed by atoms with Crippen LogP contribution in [0.3, 0.4) is 0 Å². The summed E-state index contributed by atoms with van der Waals surface area (Å²) in [5, 5.41) is 0.239. The van der Waals surface area contributed by atoms with Gasteiger partial charge in [0.15, 0.2) is 15.6 Å². The molecule has 0 spiro atoms. The van der Waals surface area contributed by atoms with Gasteiger partial charge in [0, 0.05) is 28.8 Å². The Balaban J connectivity index is 1.74. The predicted molar refractivity (Wildman–Crippen MR) is 88.5 cm³/mol. The van der Waals surface area contributed by atoms with Gasteiger partial charge in [0.25, 0.3) is 0 Å². The van der Waals surface area contributed by atoms with Crippen LogP contribution in [0.2, 0.25) is 0 Å². The number of ether oxygens (including phenoxy) is 1. The third kappa shape index (κ3) is 2.64. The van der Waals surface area contributed by atoms with Crippen LogP contribution in [0.4, 0.5) is 5.69 Å². The van der Waals surface area contributed by atoms with Crippen molar-refractivity contribution in [2.45, 2.75) is 10.1 Å². The van der Waals surface area contributed by atoms with Crippen LogP contribution in [-0.4, -0.2) is 31.4 Å². The Morgan fingerprint density at radius 2 is 2.00 bits per heavy atom. The Bertz CT molecular complexity index is 871. The summed E-state index contributed by atoms with van der Waals surface area (Å²) in [6.07, 6.45) is 1.73. The van der Waals surface area contributed by atoms with E-state index in [1.165, 1.54) is 0 Å². The Morgan fingerprint density at radius 3 is 2.82 bits per heavy atom. The topological polar surface area (TPSA) is 55.7 Å². The molecule has 2 aromatic rings. The highest BCUT2D eigenvalue weighted by Crippen LogP contribution is 2.39. The first kappa shape index (κ1) is 13.8. The van der Waals surface area contributed by atoms with Gasteiger partial charge in [-0.15, -0.1) is 0 Å². The molecule has 1 atom stereocenters. The van der Waals surface area contributed by atoms with Gasteiger partial charge in [0.1, 0.15) is 11.4 Å². The normalized spacial score (nSPS) is 18.8. The van der Waals surface area contributed by atoms with Gasteiger partial charge in [-0.05, 0) is 24.3 Å². The van der Waals surface area contributed by atoms with Crippen molar-refractivity contribution in [2.75, 3.05) is 11.5 Å². The summed E-state index contributed by atoms with van der Waals surface area (Å²) >= 11 is 1.68. The van der Waals surface area contributed by atoms with Crippen molar-refractivity contribution in [3.63, 3.8) is 0 Å². The van der Waals surface area contributed by atoms with Crippen LogP contribution in [0.15, 0.2) is 52.4 Å². The minimum Gasteiger partial charge on any atom is -0.454 e. The largest absolute Gasteiger partial charge is 0.454 e. The lowest BCUT2D eigenvalue weighted by atomic mass is 10.2. The molecule has 2 aromatic carbocycles. The molecular weight excluding hydrogens is 318 g/mol. The second-order valence-electron chi connectivity index (χ2n) is 5.26. The van der Waals surface area contributed by atoms with E-state index in [-0.39, 0.29) is 11.0 Å². The summed E-state index contributed by atoms with van der Waals surface area (Å²) in [5.41, 5.74) is 1.51. The van der Waals surface area contributed by atoms with E-state index in [4.69, 9.17) is 4.74 Å². The van der Waals surface area contributed by atoms with Crippen LogP contribution in [0.5, 0.6) is 11.5 Å². The van der Waals surface area contributed by atoms with Crippen molar-refractivity contribution < 1.29 is 13.2 Å². The van der Waals surface area contributed by atoms with Gasteiger partial charge in [0.2, 0.25) is 0 Å². The van der Waals surface area contributed by atoms with Crippen LogP contribution < -0.4 is 4.74 Å². The molecule has 0 aromatic heterocycles. The van der Waals surface area contributed by atoms with Crippen LogP contribution in [0, 0.1) is 0 Å². The number of rotatable bonds is 3. The highest BCUT2D eigenvalue weighted by atomic mass is 32.2. The molecule has 0 radical (unpaired) electrons. The number of nitrogens with zero attached hydrogens (tertiary/aromatic N) is 1. The van der Waals surface area contributed by atoms with Crippen molar-refractivity contribution in [1.29, 1.82) is 0 Å². The van der Waals surface area contributed by atoms with E-state index in [1.54, 1.807) is 36.2 Å². The molecule has 2 heterocycles. The van der Waals surface area contributed by atoms with E-state index in [0.717, 1.165) is 11.3 Å². The Kier molecular flexibility index (Phi) is 3.23. The maximum Gasteiger partial charge on any atom is 0.179 e. The minimum atomic E-state index is -3.27. The van der Waals surface area contributed by atoms with Gasteiger partial charge in [-0.25, -0.2) is 8.42 Å². The number of benzene rings is 2. The molecule has 6 heteroatoms. The van der Waals surface area contributed by atoms with E-state index < -0.39 is 9.84 Å². The maximum atomic E-state index is 12.4. The first-order chi connectivity index (χ1) is 10.6. The number of hydrogen-bond donors (Lipinski definition) is 0. The summed E-state index contributed by atoms with van der Waals surface area (Å²) in [6, 6.07) is 12.4. The highest BCUT2D eigenvalue weighted by Gasteiger charge is 2.30. The number of thioether (sulfide) groups is 1. The van der Waals surface area contributed by atoms with Crippen molar-refractivity contribution in [3.8, 4) is 11.5 Å². The van der Waals surface area contributed by atoms with E-state index in [0.29, 0.717) is 22.1 Å². The summed E-state index contributed by atoms with van der Waals surface area (Å²) < 4.78 is 30.6. The molecule has 1 unspecified atom stereocenters. The third-order valence-electron chi connectivity index (χ3n) is 3.58. The Hall–Kier alpha value is -1.79. The number of sulfone groups is 1. The maximum absolute atomic E-state index is 12.4. The zero-order valence-electron chi connectivity index (χ0n) is 11.6. The number of para-hydroxylation sites is 1. The van der Waals surface area contributed by atoms with E-state index in [9.17, 15) is 8.42 Å². The van der Waals surface area contributed by atoms with Crippen LogP contribution in [0.1, 0.15) is 5.56 Å². The highest BCUT2D eigenvalue weighted by molar-refractivity contribution is 8.08. The van der Waals surface area contributed by atoms with Crippen LogP contribution >= 0.6 is 11.8 Å². The van der Waals surface area contributed by atoms with Crippen molar-refractivity contribution in [1.82, 2.24) is 0 Å². The zero-order chi connectivity index (χ0) is 15.2. The fourth-order valence-corrected chi connectivity index (χ4v) is 5.01. The molecule has 2 aliphatic heterocycles. The summed E-state index contributed by atoms with van der Waals surface area (Å²) in [7, 11) is -3.27. The monoisotopic (exact) mass is 331 g/mol. The summed E-state index contributed by atoms with van der Waals surface area (Å²) in [5.74, 6) is 2.28. The van der Waals surface area contributed by atoms with Crippen LogP contribution in [0.25, 0.3) is 0 Å². The first-order valence-electron chi connectivity index (χ1n) is 6.91. The van der Waals surface area contributed by atoms with E-state index in [2.05, 4.69) is 4.99 Å². The van der Waals surface area contributed by atoms with Gasteiger partial charge in [-0.3, -0.25) is 4.99 Å². The molecule has 1 saturated heterocycles. The van der Waals surface area contributed by atoms with Gasteiger partial charge < -0.3 is 4.74 Å². The summed E-state index contributed by atoms with van der Waals surface area (Å²) in [4.78, 5) is 4.67. The molecule has 4 nitrogen and oxygen atoms in total. The molecule has 112 valence electrons. The molecule has 0 aliphatic carbocycles. The minimum absolute atomic E-state index is 0.191. The molecule has 4 rings (SSSR count). The SMILES string of the molecule is O=S(=O)(CC1CS1)c1ccc2c(c1)Oc1ccccc1C=N2. The average molecular weight is 331 g/mol. The van der Waals surface area contributed by atoms with Crippen LogP contribution in [-0.2, 0) is 9.84 Å². The molecule has 0 bridgehead atoms. The molecule has 22 heavy (non-hydrogen) atoms. The Morgan fingerprint density at radius 1 is 1.18 bits per heavy atom. The molecule has 2 aliphatic rings. The lowest BCUT2D eigenvalue weighted by Gasteiger charge is -2.10. The lowest BCUT2D eigenvalue weighted by molar-refractivity contribution is 0.483. The van der Waals surface area contributed by atoms with Gasteiger partial charge >= 0.3 is 0 Å². The molecule has 0 N–H and O–H groups in total. The summed E-state index contributed by atoms with van der Waals surface area (Å²) in [6.45, 7) is 0. The second kappa shape index (κ2) is 5.14. The zero-order valence-corrected chi connectivity index (χ0v) is 13.2. The second-order valence-corrected chi connectivity index (χ2v) is 8.63. The first-order valence-corrected chi connectivity index (χ1v) is 9.61. The fourth-order valence-electron chi connectivity index (χ4n) is 2.32. The third-order valence-corrected chi connectivity index (χ3v) is 6.58. The molecule has 0 saturated carbocycles. The van der Waals surface area contributed by atoms with Crippen molar-refractivity contribution in [2.24, 2.45) is 4.99 Å².